The van der Waals surface area contributed by atoms with E-state index in [4.69, 9.17) is 27.9 Å². The lowest BCUT2D eigenvalue weighted by atomic mass is 10.2. The molecule has 0 saturated carbocycles. The van der Waals surface area contributed by atoms with Gasteiger partial charge in [-0.15, -0.1) is 0 Å². The number of nitrogens with zero attached hydrogens (tertiary/aromatic N) is 1. The van der Waals surface area contributed by atoms with Crippen LogP contribution in [0.1, 0.15) is 21.5 Å². The highest BCUT2D eigenvalue weighted by Crippen LogP contribution is 2.23. The second-order valence-electron chi connectivity index (χ2n) is 5.78. The van der Waals surface area contributed by atoms with Gasteiger partial charge in [-0.1, -0.05) is 47.5 Å². The molecule has 7 heteroatoms. The van der Waals surface area contributed by atoms with Gasteiger partial charge in [-0.05, 0) is 64.0 Å². The average Bonchev–Trinajstić information content (AvgIpc) is 2.67. The van der Waals surface area contributed by atoms with Gasteiger partial charge in [-0.25, -0.2) is 5.43 Å². The number of carbonyl (C=O) groups is 1. The summed E-state index contributed by atoms with van der Waals surface area (Å²) in [7, 11) is 0. The lowest BCUT2D eigenvalue weighted by Crippen LogP contribution is -2.18. The van der Waals surface area contributed by atoms with E-state index in [0.29, 0.717) is 38.0 Å². The lowest BCUT2D eigenvalue weighted by molar-refractivity contribution is 0.0954. The first-order chi connectivity index (χ1) is 13.5. The largest absolute Gasteiger partial charge is 0.488 e. The number of ether oxygens (including phenoxy) is 1. The summed E-state index contributed by atoms with van der Waals surface area (Å²) in [4.78, 5) is 12.2. The quantitative estimate of drug-likeness (QED) is 0.344. The Bertz CT molecular complexity index is 1020. The third-order valence-electron chi connectivity index (χ3n) is 3.74. The van der Waals surface area contributed by atoms with Crippen LogP contribution >= 0.6 is 39.1 Å². The van der Waals surface area contributed by atoms with Gasteiger partial charge in [0.25, 0.3) is 5.91 Å². The fourth-order valence-corrected chi connectivity index (χ4v) is 3.26. The topological polar surface area (TPSA) is 50.7 Å². The van der Waals surface area contributed by atoms with Crippen molar-refractivity contribution in [1.82, 2.24) is 5.43 Å². The molecule has 3 rings (SSSR count). The molecule has 28 heavy (non-hydrogen) atoms. The van der Waals surface area contributed by atoms with E-state index in [2.05, 4.69) is 26.5 Å². The minimum Gasteiger partial charge on any atom is -0.488 e. The molecule has 0 saturated heterocycles. The van der Waals surface area contributed by atoms with E-state index in [1.54, 1.807) is 42.5 Å². The van der Waals surface area contributed by atoms with Crippen molar-refractivity contribution < 1.29 is 9.53 Å². The van der Waals surface area contributed by atoms with Crippen LogP contribution in [0.25, 0.3) is 0 Å². The van der Waals surface area contributed by atoms with Crippen LogP contribution in [0.15, 0.2) is 76.3 Å². The number of hydrogen-bond acceptors (Lipinski definition) is 3. The molecule has 0 aliphatic heterocycles. The Hall–Kier alpha value is -2.34. The van der Waals surface area contributed by atoms with Gasteiger partial charge < -0.3 is 4.74 Å². The molecule has 0 aromatic heterocycles. The highest BCUT2D eigenvalue weighted by molar-refractivity contribution is 9.10. The number of benzene rings is 3. The van der Waals surface area contributed by atoms with E-state index in [1.807, 2.05) is 24.3 Å². The highest BCUT2D eigenvalue weighted by Gasteiger charge is 2.08. The summed E-state index contributed by atoms with van der Waals surface area (Å²) in [5.74, 6) is 0.260. The van der Waals surface area contributed by atoms with Crippen LogP contribution in [0.5, 0.6) is 5.75 Å². The normalized spacial score (nSPS) is 10.8. The standard InChI is InChI=1S/C21H15BrCl2N2O2/c22-19-7-2-1-6-18(19)21(27)26-25-12-15-11-17(24)8-9-20(15)28-13-14-4-3-5-16(23)10-14/h1-12H,13H2,(H,26,27)/b25-12-. The van der Waals surface area contributed by atoms with E-state index in [9.17, 15) is 4.79 Å². The molecule has 4 nitrogen and oxygen atoms in total. The summed E-state index contributed by atoms with van der Waals surface area (Å²) >= 11 is 15.4. The Morgan fingerprint density at radius 1 is 1.04 bits per heavy atom. The molecule has 1 amide bonds. The molecule has 142 valence electrons. The summed E-state index contributed by atoms with van der Waals surface area (Å²) in [5, 5.41) is 5.21. The smallest absolute Gasteiger partial charge is 0.272 e. The zero-order chi connectivity index (χ0) is 19.9. The number of amides is 1. The van der Waals surface area contributed by atoms with Crippen molar-refractivity contribution >= 4 is 51.3 Å². The number of rotatable bonds is 6. The SMILES string of the molecule is O=C(N/N=C\c1cc(Cl)ccc1OCc1cccc(Cl)c1)c1ccccc1Br. The summed E-state index contributed by atoms with van der Waals surface area (Å²) < 4.78 is 6.56. The van der Waals surface area contributed by atoms with Crippen molar-refractivity contribution in [2.24, 2.45) is 5.10 Å². The van der Waals surface area contributed by atoms with Gasteiger partial charge in [-0.3, -0.25) is 4.79 Å². The molecule has 0 heterocycles. The highest BCUT2D eigenvalue weighted by atomic mass is 79.9. The molecule has 0 fully saturated rings. The molecule has 0 aliphatic rings. The molecule has 1 N–H and O–H groups in total. The monoisotopic (exact) mass is 476 g/mol. The molecule has 0 atom stereocenters. The van der Waals surface area contributed by atoms with Crippen molar-refractivity contribution in [2.75, 3.05) is 0 Å². The fraction of sp³-hybridized carbons (Fsp3) is 0.0476. The van der Waals surface area contributed by atoms with Gasteiger partial charge in [0.05, 0.1) is 11.8 Å². The second-order valence-corrected chi connectivity index (χ2v) is 7.51. The van der Waals surface area contributed by atoms with E-state index in [0.717, 1.165) is 5.56 Å². The minimum absolute atomic E-state index is 0.327. The van der Waals surface area contributed by atoms with E-state index >= 15 is 0 Å². The Morgan fingerprint density at radius 3 is 2.61 bits per heavy atom. The Morgan fingerprint density at radius 2 is 1.82 bits per heavy atom. The van der Waals surface area contributed by atoms with E-state index in [1.165, 1.54) is 6.21 Å². The molecule has 3 aromatic carbocycles. The van der Waals surface area contributed by atoms with Gasteiger partial charge in [0.2, 0.25) is 0 Å². The van der Waals surface area contributed by atoms with Gasteiger partial charge in [0.1, 0.15) is 12.4 Å². The Labute approximate surface area is 181 Å². The summed E-state index contributed by atoms with van der Waals surface area (Å²) in [6, 6.07) is 19.7. The maximum absolute atomic E-state index is 12.2. The molecular formula is C21H15BrCl2N2O2. The third-order valence-corrected chi connectivity index (χ3v) is 4.91. The van der Waals surface area contributed by atoms with Gasteiger partial charge in [0, 0.05) is 20.1 Å². The first-order valence-corrected chi connectivity index (χ1v) is 9.82. The third kappa shape index (κ3) is 5.58. The van der Waals surface area contributed by atoms with Crippen LogP contribution in [0.4, 0.5) is 0 Å². The molecule has 0 unspecified atom stereocenters. The molecular weight excluding hydrogens is 463 g/mol. The van der Waals surface area contributed by atoms with Crippen molar-refractivity contribution in [3.05, 3.63) is 97.9 Å². The average molecular weight is 478 g/mol. The minimum atomic E-state index is -0.327. The second kappa shape index (κ2) is 9.73. The zero-order valence-corrected chi connectivity index (χ0v) is 17.6. The number of nitrogens with one attached hydrogen (secondary N) is 1. The van der Waals surface area contributed by atoms with Gasteiger partial charge in [-0.2, -0.15) is 5.10 Å². The van der Waals surface area contributed by atoms with Crippen LogP contribution in [0, 0.1) is 0 Å². The van der Waals surface area contributed by atoms with Crippen molar-refractivity contribution in [3.63, 3.8) is 0 Å². The number of carbonyl (C=O) groups excluding carboxylic acids is 1. The summed E-state index contributed by atoms with van der Waals surface area (Å²) in [5.41, 5.74) is 4.57. The molecule has 0 bridgehead atoms. The first-order valence-electron chi connectivity index (χ1n) is 8.27. The number of halogens is 3. The summed E-state index contributed by atoms with van der Waals surface area (Å²) in [6.45, 7) is 0.340. The van der Waals surface area contributed by atoms with Crippen molar-refractivity contribution in [2.45, 2.75) is 6.61 Å². The predicted octanol–water partition coefficient (Wildman–Crippen LogP) is 6.10. The van der Waals surface area contributed by atoms with Gasteiger partial charge >= 0.3 is 0 Å². The van der Waals surface area contributed by atoms with Crippen LogP contribution in [0.3, 0.4) is 0 Å². The zero-order valence-electron chi connectivity index (χ0n) is 14.5. The first kappa shape index (κ1) is 20.4. The van der Waals surface area contributed by atoms with E-state index < -0.39 is 0 Å². The fourth-order valence-electron chi connectivity index (χ4n) is 2.41. The van der Waals surface area contributed by atoms with Crippen molar-refractivity contribution in [1.29, 1.82) is 0 Å². The molecule has 0 spiro atoms. The number of hydrogen-bond donors (Lipinski definition) is 1. The lowest BCUT2D eigenvalue weighted by Gasteiger charge is -2.10. The molecule has 0 aliphatic carbocycles. The molecule has 3 aromatic rings. The van der Waals surface area contributed by atoms with Gasteiger partial charge in [0.15, 0.2) is 0 Å². The van der Waals surface area contributed by atoms with E-state index in [-0.39, 0.29) is 5.91 Å². The van der Waals surface area contributed by atoms with Crippen LogP contribution in [-0.4, -0.2) is 12.1 Å². The molecule has 0 radical (unpaired) electrons. The maximum atomic E-state index is 12.2. The van der Waals surface area contributed by atoms with Crippen molar-refractivity contribution in [3.8, 4) is 5.75 Å². The summed E-state index contributed by atoms with van der Waals surface area (Å²) in [6.07, 6.45) is 1.49. The Balaban J connectivity index is 1.70. The predicted molar refractivity (Wildman–Crippen MR) is 116 cm³/mol. The number of hydrazone groups is 1. The van der Waals surface area contributed by atoms with Crippen LogP contribution in [-0.2, 0) is 6.61 Å². The van der Waals surface area contributed by atoms with Crippen LogP contribution < -0.4 is 10.2 Å². The van der Waals surface area contributed by atoms with Crippen LogP contribution in [0.2, 0.25) is 10.0 Å². The Kier molecular flexibility index (Phi) is 7.09. The maximum Gasteiger partial charge on any atom is 0.272 e.